The second-order valence-electron chi connectivity index (χ2n) is 10.3. The maximum Gasteiger partial charge on any atom is 0.338 e. The normalized spacial score (nSPS) is 14.4. The number of halogens is 2. The molecule has 232 valence electrons. The number of aromatic nitrogens is 1. The van der Waals surface area contributed by atoms with Gasteiger partial charge in [-0.15, -0.1) is 0 Å². The van der Waals surface area contributed by atoms with Gasteiger partial charge in [0.2, 0.25) is 0 Å². The zero-order valence-corrected chi connectivity index (χ0v) is 28.9. The number of hydrogen-bond donors (Lipinski definition) is 0. The minimum atomic E-state index is -0.772. The van der Waals surface area contributed by atoms with Gasteiger partial charge in [0.1, 0.15) is 18.1 Å². The maximum atomic E-state index is 14.2. The molecule has 46 heavy (non-hydrogen) atoms. The van der Waals surface area contributed by atoms with Gasteiger partial charge in [-0.3, -0.25) is 9.36 Å². The Kier molecular flexibility index (Phi) is 9.67. The Morgan fingerprint density at radius 2 is 1.61 bits per heavy atom. The number of ether oxygens (including phenoxy) is 3. The third-order valence-electron chi connectivity index (χ3n) is 7.35. The monoisotopic (exact) mass is 758 g/mol. The summed E-state index contributed by atoms with van der Waals surface area (Å²) >= 11 is 8.55. The van der Waals surface area contributed by atoms with Gasteiger partial charge in [0, 0.05) is 5.56 Å². The number of methoxy groups -OCH3 is 1. The minimum absolute atomic E-state index is 0.180. The zero-order chi connectivity index (χ0) is 32.2. The first kappa shape index (κ1) is 31.7. The highest BCUT2D eigenvalue weighted by atomic mass is 79.9. The molecule has 1 aromatic heterocycles. The van der Waals surface area contributed by atoms with E-state index in [0.717, 1.165) is 31.2 Å². The third kappa shape index (κ3) is 6.51. The lowest BCUT2D eigenvalue weighted by Crippen LogP contribution is -2.40. The molecule has 10 heteroatoms. The molecule has 0 amide bonds. The first-order chi connectivity index (χ1) is 22.4. The van der Waals surface area contributed by atoms with Gasteiger partial charge in [-0.05, 0) is 85.8 Å². The number of carbonyl (C=O) groups excluding carboxylic acids is 1. The molecule has 4 aromatic carbocycles. The molecule has 0 unspecified atom stereocenters. The van der Waals surface area contributed by atoms with Gasteiger partial charge in [-0.1, -0.05) is 84.1 Å². The van der Waals surface area contributed by atoms with Crippen molar-refractivity contribution in [2.75, 3.05) is 13.7 Å². The predicted octanol–water partition coefficient (Wildman–Crippen LogP) is 7.05. The number of benzene rings is 4. The van der Waals surface area contributed by atoms with E-state index in [0.29, 0.717) is 38.7 Å². The highest BCUT2D eigenvalue weighted by Gasteiger charge is 2.35. The molecular formula is C36H28Br2N2O5S. The van der Waals surface area contributed by atoms with E-state index in [2.05, 4.69) is 31.9 Å². The summed E-state index contributed by atoms with van der Waals surface area (Å²) in [5.41, 5.74) is 3.81. The summed E-state index contributed by atoms with van der Waals surface area (Å²) in [6, 6.07) is 29.8. The van der Waals surface area contributed by atoms with Crippen LogP contribution in [0.5, 0.6) is 11.5 Å². The lowest BCUT2D eigenvalue weighted by atomic mass is 9.93. The van der Waals surface area contributed by atoms with E-state index in [1.807, 2.05) is 103 Å². The second-order valence-corrected chi connectivity index (χ2v) is 13.0. The number of fused-ring (bicyclic) bond motifs is 1. The number of thiazole rings is 1. The molecule has 0 radical (unpaired) electrons. The molecule has 0 N–H and O–H groups in total. The van der Waals surface area contributed by atoms with Crippen LogP contribution >= 0.6 is 43.2 Å². The van der Waals surface area contributed by atoms with Gasteiger partial charge in [0.05, 0.1) is 44.5 Å². The molecule has 1 atom stereocenters. The molecule has 7 nitrogen and oxygen atoms in total. The zero-order valence-electron chi connectivity index (χ0n) is 24.9. The largest absolute Gasteiger partial charge is 0.497 e. The molecule has 2 heterocycles. The van der Waals surface area contributed by atoms with Crippen LogP contribution in [0, 0.1) is 0 Å². The van der Waals surface area contributed by atoms with Crippen LogP contribution < -0.4 is 24.4 Å². The molecule has 6 rings (SSSR count). The van der Waals surface area contributed by atoms with Crippen molar-refractivity contribution < 1.29 is 19.0 Å². The first-order valence-corrected chi connectivity index (χ1v) is 16.9. The van der Waals surface area contributed by atoms with Crippen LogP contribution in [-0.2, 0) is 16.1 Å². The SMILES string of the molecule is CCOC(=O)C1=C(c2ccccc2)N=c2s/c(=C\c3cc(Br)c(OCc4ccccc4)c(Br)c3)c(=O)n2[C@@H]1c1ccc(OC)cc1. The van der Waals surface area contributed by atoms with E-state index < -0.39 is 12.0 Å². The average Bonchev–Trinajstić information content (AvgIpc) is 3.38. The van der Waals surface area contributed by atoms with Crippen molar-refractivity contribution in [2.45, 2.75) is 19.6 Å². The van der Waals surface area contributed by atoms with E-state index in [-0.39, 0.29) is 12.2 Å². The van der Waals surface area contributed by atoms with Gasteiger partial charge in [-0.2, -0.15) is 0 Å². The summed E-state index contributed by atoms with van der Waals surface area (Å²) in [6.45, 7) is 2.35. The van der Waals surface area contributed by atoms with Crippen LogP contribution in [0.1, 0.15) is 35.2 Å². The van der Waals surface area contributed by atoms with Crippen LogP contribution in [0.15, 0.2) is 121 Å². The van der Waals surface area contributed by atoms with Crippen molar-refractivity contribution in [3.63, 3.8) is 0 Å². The predicted molar refractivity (Wildman–Crippen MR) is 187 cm³/mol. The van der Waals surface area contributed by atoms with Crippen LogP contribution in [0.3, 0.4) is 0 Å². The molecule has 0 bridgehead atoms. The molecule has 0 fully saturated rings. The van der Waals surface area contributed by atoms with Crippen LogP contribution in [0.2, 0.25) is 0 Å². The Hall–Kier alpha value is -4.25. The summed E-state index contributed by atoms with van der Waals surface area (Å²) in [5.74, 6) is 0.793. The van der Waals surface area contributed by atoms with Crippen molar-refractivity contribution >= 4 is 60.9 Å². The molecule has 1 aliphatic rings. The van der Waals surface area contributed by atoms with Gasteiger partial charge in [0.15, 0.2) is 4.80 Å². The molecule has 1 aliphatic heterocycles. The number of esters is 1. The summed E-state index contributed by atoms with van der Waals surface area (Å²) in [4.78, 5) is 33.3. The summed E-state index contributed by atoms with van der Waals surface area (Å²) in [5, 5.41) is 0. The van der Waals surface area contributed by atoms with E-state index >= 15 is 0 Å². The Balaban J connectivity index is 1.49. The Morgan fingerprint density at radius 1 is 0.957 bits per heavy atom. The van der Waals surface area contributed by atoms with Crippen molar-refractivity contribution in [3.05, 3.63) is 154 Å². The lowest BCUT2D eigenvalue weighted by molar-refractivity contribution is -0.138. The fourth-order valence-corrected chi connectivity index (χ4v) is 7.68. The smallest absolute Gasteiger partial charge is 0.338 e. The van der Waals surface area contributed by atoms with E-state index in [1.165, 1.54) is 11.3 Å². The third-order valence-corrected chi connectivity index (χ3v) is 9.51. The van der Waals surface area contributed by atoms with E-state index in [1.54, 1.807) is 18.6 Å². The number of carbonyl (C=O) groups is 1. The van der Waals surface area contributed by atoms with Crippen LogP contribution in [0.25, 0.3) is 11.8 Å². The van der Waals surface area contributed by atoms with Crippen molar-refractivity contribution in [1.29, 1.82) is 0 Å². The fourth-order valence-electron chi connectivity index (χ4n) is 5.22. The van der Waals surface area contributed by atoms with Crippen LogP contribution in [0.4, 0.5) is 0 Å². The molecule has 5 aromatic rings. The Bertz CT molecular complexity index is 2090. The highest BCUT2D eigenvalue weighted by molar-refractivity contribution is 9.11. The molecule has 0 spiro atoms. The molecule has 0 saturated carbocycles. The quantitative estimate of drug-likeness (QED) is 0.151. The standard InChI is InChI=1S/C36H28Br2N2O5S/c1-3-44-35(42)30-31(24-12-8-5-9-13-24)39-36-40(32(30)25-14-16-26(43-2)17-15-25)34(41)29(46-36)20-23-18-27(37)33(28(38)19-23)45-21-22-10-6-4-7-11-22/h4-20,32H,3,21H2,1-2H3/b29-20-/t32-/m1/s1. The fraction of sp³-hybridized carbons (Fsp3) is 0.139. The number of rotatable bonds is 9. The lowest BCUT2D eigenvalue weighted by Gasteiger charge is -2.26. The molecule has 0 saturated heterocycles. The van der Waals surface area contributed by atoms with E-state index in [4.69, 9.17) is 19.2 Å². The maximum absolute atomic E-state index is 14.2. The topological polar surface area (TPSA) is 79.1 Å². The van der Waals surface area contributed by atoms with Crippen LogP contribution in [-0.4, -0.2) is 24.3 Å². The van der Waals surface area contributed by atoms with Crippen molar-refractivity contribution in [3.8, 4) is 11.5 Å². The first-order valence-electron chi connectivity index (χ1n) is 14.5. The Labute approximate surface area is 286 Å². The van der Waals surface area contributed by atoms with E-state index in [9.17, 15) is 9.59 Å². The van der Waals surface area contributed by atoms with Gasteiger partial charge >= 0.3 is 5.97 Å². The van der Waals surface area contributed by atoms with Gasteiger partial charge < -0.3 is 14.2 Å². The second kappa shape index (κ2) is 14.0. The molecular weight excluding hydrogens is 732 g/mol. The number of hydrogen-bond acceptors (Lipinski definition) is 7. The summed E-state index contributed by atoms with van der Waals surface area (Å²) < 4.78 is 20.5. The van der Waals surface area contributed by atoms with Crippen molar-refractivity contribution in [1.82, 2.24) is 4.57 Å². The van der Waals surface area contributed by atoms with Gasteiger partial charge in [0.25, 0.3) is 5.56 Å². The minimum Gasteiger partial charge on any atom is -0.497 e. The number of nitrogens with zero attached hydrogens (tertiary/aromatic N) is 2. The summed E-state index contributed by atoms with van der Waals surface area (Å²) in [6.07, 6.45) is 1.82. The summed E-state index contributed by atoms with van der Waals surface area (Å²) in [7, 11) is 1.59. The molecule has 0 aliphatic carbocycles. The highest BCUT2D eigenvalue weighted by Crippen LogP contribution is 2.37. The average molecular weight is 761 g/mol. The van der Waals surface area contributed by atoms with Crippen molar-refractivity contribution in [2.24, 2.45) is 4.99 Å². The Morgan fingerprint density at radius 3 is 2.24 bits per heavy atom. The van der Waals surface area contributed by atoms with Gasteiger partial charge in [-0.25, -0.2) is 9.79 Å².